The summed E-state index contributed by atoms with van der Waals surface area (Å²) in [5.74, 6) is 2.78. The largest absolute Gasteiger partial charge is 0.508 e. The monoisotopic (exact) mass is 654 g/mol. The smallest absolute Gasteiger partial charge is 0.205 e. The molecule has 0 saturated carbocycles. The first-order valence-corrected chi connectivity index (χ1v) is 15.9. The number of hydrogen-bond donors (Lipinski definition) is 2. The number of rotatable bonds is 4. The first-order chi connectivity index (χ1) is 23.9. The van der Waals surface area contributed by atoms with Crippen molar-refractivity contribution >= 4 is 6.29 Å². The molecule has 9 heteroatoms. The zero-order chi connectivity index (χ0) is 35.2. The van der Waals surface area contributed by atoms with Gasteiger partial charge in [0.15, 0.2) is 0 Å². The highest BCUT2D eigenvalue weighted by atomic mass is 16.5. The molecule has 3 N–H and O–H groups in total. The molecule has 1 aliphatic heterocycles. The molecule has 0 spiro atoms. The van der Waals surface area contributed by atoms with Crippen LogP contribution in [0.15, 0.2) is 90.3 Å². The van der Waals surface area contributed by atoms with E-state index in [2.05, 4.69) is 24.3 Å². The maximum Gasteiger partial charge on any atom is 0.205 e. The summed E-state index contributed by atoms with van der Waals surface area (Å²) in [6.07, 6.45) is 7.40. The van der Waals surface area contributed by atoms with Gasteiger partial charge >= 0.3 is 0 Å². The van der Waals surface area contributed by atoms with Gasteiger partial charge in [0, 0.05) is 11.1 Å². The quantitative estimate of drug-likeness (QED) is 0.216. The van der Waals surface area contributed by atoms with Crippen molar-refractivity contribution in [2.45, 2.75) is 50.9 Å². The van der Waals surface area contributed by atoms with Crippen LogP contribution in [0.25, 0.3) is 0 Å². The lowest BCUT2D eigenvalue weighted by molar-refractivity contribution is 0.112. The Balaban J connectivity index is 0.000000178. The molecule has 1 atom stereocenters. The molecule has 0 aromatic heterocycles. The molecule has 2 aliphatic carbocycles. The average molecular weight is 655 g/mol. The van der Waals surface area contributed by atoms with Crippen LogP contribution in [-0.4, -0.2) is 25.6 Å². The van der Waals surface area contributed by atoms with Gasteiger partial charge in [0.25, 0.3) is 0 Å². The number of phenolic OH excluding ortho intramolecular Hbond substituents is 1. The van der Waals surface area contributed by atoms with Crippen molar-refractivity contribution in [2.75, 3.05) is 14.2 Å². The van der Waals surface area contributed by atoms with E-state index >= 15 is 0 Å². The summed E-state index contributed by atoms with van der Waals surface area (Å²) in [7, 11) is 3.21. The Morgan fingerprint density at radius 3 is 2.08 bits per heavy atom. The van der Waals surface area contributed by atoms with Crippen molar-refractivity contribution < 1.29 is 24.1 Å². The number of benzene rings is 4. The fourth-order valence-electron chi connectivity index (χ4n) is 6.10. The molecule has 3 aliphatic rings. The van der Waals surface area contributed by atoms with Crippen molar-refractivity contribution in [1.82, 2.24) is 0 Å². The summed E-state index contributed by atoms with van der Waals surface area (Å²) in [4.78, 5) is 10.2. The van der Waals surface area contributed by atoms with Crippen LogP contribution in [0.4, 0.5) is 0 Å². The highest BCUT2D eigenvalue weighted by Crippen LogP contribution is 2.46. The van der Waals surface area contributed by atoms with E-state index in [0.717, 1.165) is 61.0 Å². The van der Waals surface area contributed by atoms with Gasteiger partial charge < -0.3 is 25.1 Å². The van der Waals surface area contributed by atoms with Crippen LogP contribution in [0, 0.1) is 34.0 Å². The average Bonchev–Trinajstić information content (AvgIpc) is 3.83. The summed E-state index contributed by atoms with van der Waals surface area (Å²) in [5.41, 5.74) is 14.2. The number of fused-ring (bicyclic) bond motifs is 4. The Kier molecular flexibility index (Phi) is 12.8. The Morgan fingerprint density at radius 2 is 1.47 bits per heavy atom. The minimum Gasteiger partial charge on any atom is -0.508 e. The van der Waals surface area contributed by atoms with Gasteiger partial charge in [-0.1, -0.05) is 48.5 Å². The second-order valence-electron chi connectivity index (χ2n) is 11.3. The van der Waals surface area contributed by atoms with Gasteiger partial charge in [-0.25, -0.2) is 0 Å². The summed E-state index contributed by atoms with van der Waals surface area (Å²) < 4.78 is 16.1. The normalized spacial score (nSPS) is 14.4. The Hall–Kier alpha value is -6.24. The second kappa shape index (κ2) is 17.6. The molecule has 0 saturated heterocycles. The zero-order valence-corrected chi connectivity index (χ0v) is 27.6. The van der Waals surface area contributed by atoms with Gasteiger partial charge in [0.1, 0.15) is 47.3 Å². The molecule has 0 bridgehead atoms. The minimum absolute atomic E-state index is 0. The number of nitriles is 3. The summed E-state index contributed by atoms with van der Waals surface area (Å²) in [5, 5.41) is 34.2. The fraction of sp³-hybridized carbons (Fsp3) is 0.250. The highest BCUT2D eigenvalue weighted by Gasteiger charge is 2.33. The topological polar surface area (TPSA) is 162 Å². The van der Waals surface area contributed by atoms with Gasteiger partial charge in [-0.05, 0) is 96.7 Å². The lowest BCUT2D eigenvalue weighted by Crippen LogP contribution is -2.22. The number of phenols is 1. The molecule has 4 aromatic rings. The number of aldehydes is 1. The van der Waals surface area contributed by atoms with Crippen LogP contribution in [0.2, 0.25) is 0 Å². The first kappa shape index (κ1) is 35.6. The van der Waals surface area contributed by atoms with Crippen LogP contribution in [0.3, 0.4) is 0 Å². The minimum atomic E-state index is -0.222. The maximum absolute atomic E-state index is 10.2. The Bertz CT molecular complexity index is 1940. The molecule has 0 radical (unpaired) electrons. The maximum atomic E-state index is 10.2. The SMILES string of the molecule is COc1cccc(C2C(C#N)=C(N)Oc3c2ccc2c3CCC2)c1.COc1cccc(C=O)c1.N#CCC#N.Oc1cccc2c1CCC2. The standard InChI is InChI=1S/C20H18N2O2.C9H10O.C8H8O2.C3H2N2/c1-23-14-6-2-5-13(10-14)18-16-9-8-12-4-3-7-15(12)19(16)24-20(22)17(18)11-21;10-9-6-2-4-7-3-1-5-8(7)9;1-10-8-4-2-3-7(5-8)6-9;4-2-1-3-5/h2,5-6,8-10,18H,3-4,7,22H2,1H3;2,4,6,10H,1,3,5H2;2-6H,1H3;1H2. The van der Waals surface area contributed by atoms with Gasteiger partial charge in [-0.2, -0.15) is 15.8 Å². The predicted molar refractivity (Wildman–Crippen MR) is 185 cm³/mol. The van der Waals surface area contributed by atoms with E-state index in [-0.39, 0.29) is 18.2 Å². The molecular formula is C40H38N4O5. The number of nitrogens with zero attached hydrogens (tertiary/aromatic N) is 3. The van der Waals surface area contributed by atoms with Crippen LogP contribution in [0.1, 0.15) is 68.9 Å². The van der Waals surface area contributed by atoms with Crippen molar-refractivity contribution in [3.8, 4) is 41.2 Å². The van der Waals surface area contributed by atoms with Crippen molar-refractivity contribution in [3.63, 3.8) is 0 Å². The molecule has 1 unspecified atom stereocenters. The Morgan fingerprint density at radius 1 is 0.837 bits per heavy atom. The zero-order valence-electron chi connectivity index (χ0n) is 27.6. The van der Waals surface area contributed by atoms with E-state index in [4.69, 9.17) is 30.5 Å². The molecule has 4 aromatic carbocycles. The molecule has 1 heterocycles. The third-order valence-electron chi connectivity index (χ3n) is 8.39. The van der Waals surface area contributed by atoms with Crippen LogP contribution in [-0.2, 0) is 25.7 Å². The van der Waals surface area contributed by atoms with Crippen LogP contribution < -0.4 is 19.9 Å². The van der Waals surface area contributed by atoms with Gasteiger partial charge in [-0.15, -0.1) is 0 Å². The molecular weight excluding hydrogens is 616 g/mol. The molecule has 0 amide bonds. The number of methoxy groups -OCH3 is 2. The number of carbonyl (C=O) groups is 1. The molecule has 248 valence electrons. The third kappa shape index (κ3) is 8.77. The Labute approximate surface area is 287 Å². The van der Waals surface area contributed by atoms with Crippen molar-refractivity contribution in [2.24, 2.45) is 5.73 Å². The molecule has 7 rings (SSSR count). The highest BCUT2D eigenvalue weighted by molar-refractivity contribution is 5.75. The number of aryl methyl sites for hydroxylation is 2. The molecule has 0 fully saturated rings. The third-order valence-corrected chi connectivity index (χ3v) is 8.39. The number of aromatic hydroxyl groups is 1. The summed E-state index contributed by atoms with van der Waals surface area (Å²) in [6.45, 7) is 0. The van der Waals surface area contributed by atoms with Gasteiger partial charge in [-0.3, -0.25) is 4.79 Å². The number of hydrogen-bond acceptors (Lipinski definition) is 9. The van der Waals surface area contributed by atoms with Crippen molar-refractivity contribution in [1.29, 1.82) is 15.8 Å². The number of nitrogens with two attached hydrogens (primary N) is 1. The van der Waals surface area contributed by atoms with E-state index in [1.54, 1.807) is 56.7 Å². The van der Waals surface area contributed by atoms with Gasteiger partial charge in [0.05, 0.1) is 32.3 Å². The first-order valence-electron chi connectivity index (χ1n) is 15.9. The van der Waals surface area contributed by atoms with Crippen LogP contribution >= 0.6 is 0 Å². The number of allylic oxidation sites excluding steroid dienone is 1. The number of ether oxygens (including phenoxy) is 3. The van der Waals surface area contributed by atoms with E-state index in [0.29, 0.717) is 22.6 Å². The van der Waals surface area contributed by atoms with Crippen LogP contribution in [0.5, 0.6) is 23.0 Å². The van der Waals surface area contributed by atoms with E-state index in [1.165, 1.54) is 28.7 Å². The molecule has 9 nitrogen and oxygen atoms in total. The number of carbonyl (C=O) groups excluding carboxylic acids is 1. The van der Waals surface area contributed by atoms with Crippen molar-refractivity contribution in [3.05, 3.63) is 129 Å². The van der Waals surface area contributed by atoms with E-state index in [9.17, 15) is 15.2 Å². The van der Waals surface area contributed by atoms with Gasteiger partial charge in [0.2, 0.25) is 5.88 Å². The fourth-order valence-corrected chi connectivity index (χ4v) is 6.10. The molecule has 49 heavy (non-hydrogen) atoms. The lowest BCUT2D eigenvalue weighted by Gasteiger charge is -2.28. The van der Waals surface area contributed by atoms with E-state index in [1.807, 2.05) is 30.3 Å². The second-order valence-corrected chi connectivity index (χ2v) is 11.3. The predicted octanol–water partition coefficient (Wildman–Crippen LogP) is 7.21. The summed E-state index contributed by atoms with van der Waals surface area (Å²) in [6, 6.07) is 30.4. The van der Waals surface area contributed by atoms with E-state index < -0.39 is 0 Å². The lowest BCUT2D eigenvalue weighted by atomic mass is 9.82. The summed E-state index contributed by atoms with van der Waals surface area (Å²) >= 11 is 0.